The molecule has 0 N–H and O–H groups in total. The Labute approximate surface area is 221 Å². The van der Waals surface area contributed by atoms with Crippen molar-refractivity contribution < 1.29 is 4.74 Å². The fraction of sp³-hybridized carbons (Fsp3) is 0.300. The van der Waals surface area contributed by atoms with Gasteiger partial charge in [-0.25, -0.2) is 0 Å². The van der Waals surface area contributed by atoms with Crippen LogP contribution < -0.4 is 4.74 Å². The second-order valence-electron chi connectivity index (χ2n) is 8.51. The van der Waals surface area contributed by atoms with Crippen LogP contribution in [0.3, 0.4) is 0 Å². The van der Waals surface area contributed by atoms with E-state index in [-0.39, 0.29) is 0 Å². The average molecular weight is 518 g/mol. The first kappa shape index (κ1) is 25.4. The Bertz CT molecular complexity index is 1240. The normalized spacial score (nSPS) is 11.5. The van der Waals surface area contributed by atoms with Gasteiger partial charge in [0.05, 0.1) is 18.2 Å². The van der Waals surface area contributed by atoms with Crippen LogP contribution in [0.15, 0.2) is 66.0 Å². The molecule has 0 aliphatic heterocycles. The molecule has 0 unspecified atom stereocenters. The number of hydrogen-bond donors (Lipinski definition) is 0. The van der Waals surface area contributed by atoms with E-state index in [1.54, 1.807) is 22.7 Å². The largest absolute Gasteiger partial charge is 0.494 e. The van der Waals surface area contributed by atoms with Crippen LogP contribution in [0.2, 0.25) is 0 Å². The first-order chi connectivity index (χ1) is 17.3. The van der Waals surface area contributed by atoms with Crippen molar-refractivity contribution in [3.05, 3.63) is 76.5 Å². The van der Waals surface area contributed by atoms with Crippen LogP contribution in [0.1, 0.15) is 62.3 Å². The predicted octanol–water partition coefficient (Wildman–Crippen LogP) is 10.4. The van der Waals surface area contributed by atoms with Crippen LogP contribution in [0.25, 0.3) is 31.2 Å². The predicted molar refractivity (Wildman–Crippen MR) is 154 cm³/mol. The summed E-state index contributed by atoms with van der Waals surface area (Å²) in [5, 5.41) is 11.9. The number of unbranched alkanes of at least 4 members (excludes halogenated alkanes) is 6. The van der Waals surface area contributed by atoms with Gasteiger partial charge in [-0.2, -0.15) is 5.26 Å². The third-order valence-electron chi connectivity index (χ3n) is 5.83. The van der Waals surface area contributed by atoms with E-state index in [2.05, 4.69) is 54.8 Å². The number of hydrogen-bond acceptors (Lipinski definition) is 5. The second kappa shape index (κ2) is 13.4. The SMILES string of the molecule is CCCCCCCCCOc1ccc(/C(C#N)=C/c2ccc(-c3ccc(-c4cccs4)s3)s2)cc1. The molecule has 1 aromatic carbocycles. The molecule has 0 saturated carbocycles. The molecular weight excluding hydrogens is 487 g/mol. The molecule has 4 aromatic rings. The highest BCUT2D eigenvalue weighted by atomic mass is 32.1. The highest BCUT2D eigenvalue weighted by molar-refractivity contribution is 7.26. The molecule has 0 bridgehead atoms. The lowest BCUT2D eigenvalue weighted by Crippen LogP contribution is -1.97. The Morgan fingerprint density at radius 3 is 2.20 bits per heavy atom. The molecule has 2 nitrogen and oxygen atoms in total. The molecule has 180 valence electrons. The van der Waals surface area contributed by atoms with Crippen molar-refractivity contribution in [1.82, 2.24) is 0 Å². The fourth-order valence-corrected chi connectivity index (χ4v) is 6.77. The van der Waals surface area contributed by atoms with Crippen molar-refractivity contribution in [1.29, 1.82) is 5.26 Å². The zero-order valence-electron chi connectivity index (χ0n) is 20.2. The molecule has 0 aliphatic rings. The minimum Gasteiger partial charge on any atom is -0.494 e. The monoisotopic (exact) mass is 517 g/mol. The van der Waals surface area contributed by atoms with Gasteiger partial charge in [0.25, 0.3) is 0 Å². The third-order valence-corrected chi connectivity index (χ3v) is 9.21. The summed E-state index contributed by atoms with van der Waals surface area (Å²) in [6.45, 7) is 3.00. The second-order valence-corrected chi connectivity index (χ2v) is 11.7. The van der Waals surface area contributed by atoms with Gasteiger partial charge < -0.3 is 4.74 Å². The Morgan fingerprint density at radius 2 is 1.49 bits per heavy atom. The summed E-state index contributed by atoms with van der Waals surface area (Å²) < 4.78 is 5.90. The van der Waals surface area contributed by atoms with Crippen LogP contribution in [0, 0.1) is 11.3 Å². The van der Waals surface area contributed by atoms with Crippen molar-refractivity contribution in [3.8, 4) is 31.3 Å². The topological polar surface area (TPSA) is 33.0 Å². The molecule has 0 fully saturated rings. The quantitative estimate of drug-likeness (QED) is 0.130. The summed E-state index contributed by atoms with van der Waals surface area (Å²) in [6, 6.07) is 23.2. The van der Waals surface area contributed by atoms with Gasteiger partial charge in [0.15, 0.2) is 0 Å². The zero-order chi connectivity index (χ0) is 24.3. The van der Waals surface area contributed by atoms with Gasteiger partial charge in [0.1, 0.15) is 5.75 Å². The lowest BCUT2D eigenvalue weighted by atomic mass is 10.1. The number of ether oxygens (including phenoxy) is 1. The standard InChI is InChI=1S/C30H31NOS3/c1-2-3-4-5-6-7-8-19-32-25-13-11-23(12-14-25)24(22-31)21-26-15-16-29(34-26)30-18-17-28(35-30)27-10-9-20-33-27/h9-18,20-21H,2-8,19H2,1H3/b24-21+. The molecule has 0 atom stereocenters. The van der Waals surface area contributed by atoms with Crippen LogP contribution in [0.4, 0.5) is 0 Å². The van der Waals surface area contributed by atoms with Crippen LogP contribution in [-0.2, 0) is 0 Å². The Kier molecular flexibility index (Phi) is 9.77. The summed E-state index contributed by atoms with van der Waals surface area (Å²) in [5.41, 5.74) is 1.59. The lowest BCUT2D eigenvalue weighted by Gasteiger charge is -2.07. The van der Waals surface area contributed by atoms with E-state index < -0.39 is 0 Å². The smallest absolute Gasteiger partial charge is 0.119 e. The van der Waals surface area contributed by atoms with E-state index in [0.717, 1.165) is 29.2 Å². The summed E-state index contributed by atoms with van der Waals surface area (Å²) in [4.78, 5) is 6.18. The summed E-state index contributed by atoms with van der Waals surface area (Å²) in [6.07, 6.45) is 10.9. The van der Waals surface area contributed by atoms with Gasteiger partial charge in [0.2, 0.25) is 0 Å². The zero-order valence-corrected chi connectivity index (χ0v) is 22.6. The Balaban J connectivity index is 1.32. The van der Waals surface area contributed by atoms with E-state index in [1.807, 2.05) is 41.7 Å². The fourth-order valence-electron chi connectivity index (χ4n) is 3.89. The number of nitriles is 1. The van der Waals surface area contributed by atoms with Crippen molar-refractivity contribution in [2.24, 2.45) is 0 Å². The third kappa shape index (κ3) is 7.41. The number of benzene rings is 1. The van der Waals surface area contributed by atoms with Gasteiger partial charge >= 0.3 is 0 Å². The summed E-state index contributed by atoms with van der Waals surface area (Å²) in [5.74, 6) is 0.870. The highest BCUT2D eigenvalue weighted by Crippen LogP contribution is 2.39. The summed E-state index contributed by atoms with van der Waals surface area (Å²) >= 11 is 5.30. The van der Waals surface area contributed by atoms with Crippen molar-refractivity contribution in [2.45, 2.75) is 51.9 Å². The minimum absolute atomic E-state index is 0.669. The van der Waals surface area contributed by atoms with Gasteiger partial charge in [-0.3, -0.25) is 0 Å². The number of rotatable bonds is 13. The number of nitrogens with zero attached hydrogens (tertiary/aromatic N) is 1. The van der Waals surface area contributed by atoms with Crippen molar-refractivity contribution in [3.63, 3.8) is 0 Å². The molecule has 0 radical (unpaired) electrons. The number of thiophene rings is 3. The molecule has 3 aromatic heterocycles. The summed E-state index contributed by atoms with van der Waals surface area (Å²) in [7, 11) is 0. The number of allylic oxidation sites excluding steroid dienone is 1. The molecule has 0 saturated heterocycles. The molecule has 35 heavy (non-hydrogen) atoms. The van der Waals surface area contributed by atoms with Crippen LogP contribution in [-0.4, -0.2) is 6.61 Å². The maximum Gasteiger partial charge on any atom is 0.119 e. The highest BCUT2D eigenvalue weighted by Gasteiger charge is 2.09. The molecule has 0 aliphatic carbocycles. The van der Waals surface area contributed by atoms with E-state index >= 15 is 0 Å². The van der Waals surface area contributed by atoms with Crippen LogP contribution >= 0.6 is 34.0 Å². The van der Waals surface area contributed by atoms with Crippen molar-refractivity contribution in [2.75, 3.05) is 6.61 Å². The van der Waals surface area contributed by atoms with E-state index in [9.17, 15) is 5.26 Å². The maximum absolute atomic E-state index is 9.78. The van der Waals surface area contributed by atoms with E-state index in [4.69, 9.17) is 4.74 Å². The van der Waals surface area contributed by atoms with Gasteiger partial charge in [-0.15, -0.1) is 34.0 Å². The molecular formula is C30H31NOS3. The van der Waals surface area contributed by atoms with E-state index in [0.29, 0.717) is 5.57 Å². The molecule has 5 heteroatoms. The van der Waals surface area contributed by atoms with Crippen molar-refractivity contribution >= 4 is 45.7 Å². The minimum atomic E-state index is 0.669. The Hall–Kier alpha value is -2.65. The first-order valence-corrected chi connectivity index (χ1v) is 14.9. The molecule has 3 heterocycles. The van der Waals surface area contributed by atoms with Crippen LogP contribution in [0.5, 0.6) is 5.75 Å². The van der Waals surface area contributed by atoms with Gasteiger partial charge in [-0.05, 0) is 78.0 Å². The van der Waals surface area contributed by atoms with Gasteiger partial charge in [0, 0.05) is 24.4 Å². The molecule has 0 spiro atoms. The maximum atomic E-state index is 9.78. The molecule has 4 rings (SSSR count). The van der Waals surface area contributed by atoms with Gasteiger partial charge in [-0.1, -0.05) is 51.5 Å². The first-order valence-electron chi connectivity index (χ1n) is 12.4. The van der Waals surface area contributed by atoms with E-state index in [1.165, 1.54) is 58.0 Å². The Morgan fingerprint density at radius 1 is 0.800 bits per heavy atom. The molecule has 0 amide bonds. The average Bonchev–Trinajstić information content (AvgIpc) is 3.66. The lowest BCUT2D eigenvalue weighted by molar-refractivity contribution is 0.304.